The summed E-state index contributed by atoms with van der Waals surface area (Å²) >= 11 is 0.689. The van der Waals surface area contributed by atoms with Crippen LogP contribution in [0.1, 0.15) is 17.5 Å². The number of alkyl halides is 3. The van der Waals surface area contributed by atoms with Crippen LogP contribution in [0, 0.1) is 11.3 Å². The first-order valence-electron chi connectivity index (χ1n) is 9.98. The summed E-state index contributed by atoms with van der Waals surface area (Å²) in [5.41, 5.74) is -1.07. The van der Waals surface area contributed by atoms with E-state index in [9.17, 15) is 28.0 Å². The van der Waals surface area contributed by atoms with Gasteiger partial charge >= 0.3 is 6.18 Å². The van der Waals surface area contributed by atoms with Crippen molar-refractivity contribution in [2.75, 3.05) is 12.0 Å². The third kappa shape index (κ3) is 4.47. The molecule has 1 atom stereocenters. The standard InChI is InChI=1S/C24H16F3N3O3S/c1-33-16-9-7-15(8-10-16)30-21(31)12-20(23(30)32)34-22-17(13-28)18(24(25,26)27)11-19(29-22)14-5-3-2-4-6-14/h2-11,20H,12H2,1H3. The van der Waals surface area contributed by atoms with Crippen molar-refractivity contribution in [1.29, 1.82) is 5.26 Å². The lowest BCUT2D eigenvalue weighted by Gasteiger charge is -2.17. The maximum Gasteiger partial charge on any atom is 0.417 e. The second-order valence-electron chi connectivity index (χ2n) is 7.29. The molecule has 0 radical (unpaired) electrons. The van der Waals surface area contributed by atoms with Gasteiger partial charge in [0, 0.05) is 12.0 Å². The molecule has 3 aromatic rings. The van der Waals surface area contributed by atoms with Crippen LogP contribution in [0.2, 0.25) is 0 Å². The van der Waals surface area contributed by atoms with Crippen LogP contribution in [0.5, 0.6) is 5.75 Å². The number of carbonyl (C=O) groups is 2. The van der Waals surface area contributed by atoms with Gasteiger partial charge in [0.15, 0.2) is 0 Å². The van der Waals surface area contributed by atoms with Crippen molar-refractivity contribution in [3.8, 4) is 23.1 Å². The van der Waals surface area contributed by atoms with E-state index in [2.05, 4.69) is 4.98 Å². The molecule has 1 saturated heterocycles. The van der Waals surface area contributed by atoms with E-state index in [0.717, 1.165) is 11.0 Å². The van der Waals surface area contributed by atoms with E-state index < -0.39 is 34.4 Å². The van der Waals surface area contributed by atoms with Crippen LogP contribution in [0.4, 0.5) is 18.9 Å². The summed E-state index contributed by atoms with van der Waals surface area (Å²) in [6.45, 7) is 0. The third-order valence-corrected chi connectivity index (χ3v) is 6.33. The molecule has 1 aromatic heterocycles. The van der Waals surface area contributed by atoms with E-state index in [1.807, 2.05) is 0 Å². The number of benzene rings is 2. The maximum atomic E-state index is 13.8. The molecular formula is C24H16F3N3O3S. The Kier molecular flexibility index (Phi) is 6.30. The molecule has 0 spiro atoms. The quantitative estimate of drug-likeness (QED) is 0.471. The largest absolute Gasteiger partial charge is 0.497 e. The minimum atomic E-state index is -4.81. The van der Waals surface area contributed by atoms with E-state index in [1.165, 1.54) is 7.11 Å². The van der Waals surface area contributed by atoms with Gasteiger partial charge in [-0.3, -0.25) is 9.59 Å². The Labute approximate surface area is 197 Å². The zero-order chi connectivity index (χ0) is 24.5. The Hall–Kier alpha value is -3.84. The molecule has 10 heteroatoms. The average molecular weight is 483 g/mol. The van der Waals surface area contributed by atoms with Crippen molar-refractivity contribution in [1.82, 2.24) is 4.98 Å². The second-order valence-corrected chi connectivity index (χ2v) is 8.48. The molecule has 2 aromatic carbocycles. The first-order chi connectivity index (χ1) is 16.2. The topological polar surface area (TPSA) is 83.3 Å². The Bertz CT molecular complexity index is 1290. The summed E-state index contributed by atoms with van der Waals surface area (Å²) in [5.74, 6) is -0.556. The SMILES string of the molecule is COc1ccc(N2C(=O)CC(Sc3nc(-c4ccccc4)cc(C(F)(F)F)c3C#N)C2=O)cc1. The highest BCUT2D eigenvalue weighted by Gasteiger charge is 2.42. The summed E-state index contributed by atoms with van der Waals surface area (Å²) in [4.78, 5) is 30.9. The molecule has 6 nitrogen and oxygen atoms in total. The van der Waals surface area contributed by atoms with Gasteiger partial charge < -0.3 is 4.74 Å². The van der Waals surface area contributed by atoms with Gasteiger partial charge in [0.25, 0.3) is 0 Å². The second kappa shape index (κ2) is 9.19. The number of hydrogen-bond acceptors (Lipinski definition) is 6. The number of aromatic nitrogens is 1. The number of rotatable bonds is 5. The molecule has 1 aliphatic rings. The van der Waals surface area contributed by atoms with Gasteiger partial charge in [-0.2, -0.15) is 18.4 Å². The Morgan fingerprint density at radius 2 is 1.79 bits per heavy atom. The first-order valence-corrected chi connectivity index (χ1v) is 10.9. The molecule has 2 amide bonds. The van der Waals surface area contributed by atoms with Crippen molar-refractivity contribution in [2.24, 2.45) is 0 Å². The number of pyridine rings is 1. The minimum absolute atomic E-state index is 0.0122. The van der Waals surface area contributed by atoms with Crippen molar-refractivity contribution in [3.05, 3.63) is 71.8 Å². The highest BCUT2D eigenvalue weighted by Crippen LogP contribution is 2.41. The molecule has 1 unspecified atom stereocenters. The smallest absolute Gasteiger partial charge is 0.417 e. The van der Waals surface area contributed by atoms with Crippen molar-refractivity contribution in [2.45, 2.75) is 22.9 Å². The molecule has 0 saturated carbocycles. The number of thioether (sulfide) groups is 1. The number of anilines is 1. The molecule has 34 heavy (non-hydrogen) atoms. The Balaban J connectivity index is 1.72. The third-order valence-electron chi connectivity index (χ3n) is 5.16. The van der Waals surface area contributed by atoms with Gasteiger partial charge in [-0.1, -0.05) is 42.1 Å². The van der Waals surface area contributed by atoms with Crippen molar-refractivity contribution in [3.63, 3.8) is 0 Å². The van der Waals surface area contributed by atoms with E-state index in [-0.39, 0.29) is 17.1 Å². The number of hydrogen-bond donors (Lipinski definition) is 0. The fourth-order valence-corrected chi connectivity index (χ4v) is 4.65. The molecule has 1 aliphatic heterocycles. The molecule has 172 valence electrons. The summed E-state index contributed by atoms with van der Waals surface area (Å²) in [6.07, 6.45) is -5.05. The number of nitriles is 1. The maximum absolute atomic E-state index is 13.8. The van der Waals surface area contributed by atoms with E-state index in [4.69, 9.17) is 4.74 Å². The summed E-state index contributed by atoms with van der Waals surface area (Å²) in [7, 11) is 1.48. The number of ether oxygens (including phenoxy) is 1. The zero-order valence-corrected chi connectivity index (χ0v) is 18.5. The molecular weight excluding hydrogens is 467 g/mol. The lowest BCUT2D eigenvalue weighted by Crippen LogP contribution is -2.31. The van der Waals surface area contributed by atoms with Crippen LogP contribution in [0.3, 0.4) is 0 Å². The Morgan fingerprint density at radius 3 is 2.38 bits per heavy atom. The number of imide groups is 1. The Morgan fingerprint density at radius 1 is 1.12 bits per heavy atom. The summed E-state index contributed by atoms with van der Waals surface area (Å²) in [6, 6.07) is 16.9. The predicted octanol–water partition coefficient (Wildman–Crippen LogP) is 5.07. The van der Waals surface area contributed by atoms with Crippen molar-refractivity contribution < 1.29 is 27.5 Å². The van der Waals surface area contributed by atoms with E-state index in [1.54, 1.807) is 60.7 Å². The highest BCUT2D eigenvalue weighted by atomic mass is 32.2. The van der Waals surface area contributed by atoms with Crippen LogP contribution in [-0.2, 0) is 15.8 Å². The summed E-state index contributed by atoms with van der Waals surface area (Å²) in [5, 5.41) is 8.24. The molecule has 0 aliphatic carbocycles. The predicted molar refractivity (Wildman–Crippen MR) is 119 cm³/mol. The monoisotopic (exact) mass is 483 g/mol. The van der Waals surface area contributed by atoms with E-state index >= 15 is 0 Å². The molecule has 1 fully saturated rings. The van der Waals surface area contributed by atoms with Gasteiger partial charge in [0.1, 0.15) is 16.8 Å². The average Bonchev–Trinajstić information content (AvgIpc) is 3.11. The van der Waals surface area contributed by atoms with E-state index in [0.29, 0.717) is 28.8 Å². The molecule has 2 heterocycles. The molecule has 0 N–H and O–H groups in total. The van der Waals surface area contributed by atoms with Gasteiger partial charge in [-0.15, -0.1) is 0 Å². The zero-order valence-electron chi connectivity index (χ0n) is 17.7. The van der Waals surface area contributed by atoms with Crippen molar-refractivity contribution >= 4 is 29.3 Å². The van der Waals surface area contributed by atoms with Crippen LogP contribution < -0.4 is 9.64 Å². The number of carbonyl (C=O) groups excluding carboxylic acids is 2. The number of methoxy groups -OCH3 is 1. The van der Waals surface area contributed by atoms with Crippen LogP contribution in [0.15, 0.2) is 65.7 Å². The van der Waals surface area contributed by atoms with Crippen LogP contribution in [-0.4, -0.2) is 29.2 Å². The fraction of sp³-hybridized carbons (Fsp3) is 0.167. The molecule has 4 rings (SSSR count). The van der Waals surface area contributed by atoms with Crippen LogP contribution >= 0.6 is 11.8 Å². The van der Waals surface area contributed by atoms with Gasteiger partial charge in [-0.05, 0) is 30.3 Å². The van der Waals surface area contributed by atoms with Gasteiger partial charge in [0.05, 0.1) is 34.9 Å². The van der Waals surface area contributed by atoms with Gasteiger partial charge in [-0.25, -0.2) is 9.88 Å². The summed E-state index contributed by atoms with van der Waals surface area (Å²) < 4.78 is 46.4. The minimum Gasteiger partial charge on any atom is -0.497 e. The lowest BCUT2D eigenvalue weighted by molar-refractivity contribution is -0.138. The number of nitrogens with zero attached hydrogens (tertiary/aromatic N) is 3. The van der Waals surface area contributed by atoms with Gasteiger partial charge in [0.2, 0.25) is 11.8 Å². The normalized spacial score (nSPS) is 16.0. The first kappa shape index (κ1) is 23.3. The highest BCUT2D eigenvalue weighted by molar-refractivity contribution is 8.00. The number of amides is 2. The molecule has 0 bridgehead atoms. The lowest BCUT2D eigenvalue weighted by atomic mass is 10.1. The van der Waals surface area contributed by atoms with Crippen LogP contribution in [0.25, 0.3) is 11.3 Å². The fourth-order valence-electron chi connectivity index (χ4n) is 3.53. The number of halogens is 3.